The Kier molecular flexibility index (Phi) is 4.10. The molecule has 1 N–H and O–H groups in total. The van der Waals surface area contributed by atoms with Crippen LogP contribution < -0.4 is 5.69 Å². The summed E-state index contributed by atoms with van der Waals surface area (Å²) in [6.07, 6.45) is 1.64. The van der Waals surface area contributed by atoms with Gasteiger partial charge in [0.05, 0.1) is 11.3 Å². The first-order valence-corrected chi connectivity index (χ1v) is 7.23. The number of aromatic amines is 1. The number of aromatic nitrogens is 2. The fourth-order valence-electron chi connectivity index (χ4n) is 2.33. The van der Waals surface area contributed by atoms with Gasteiger partial charge in [0, 0.05) is 11.9 Å². The fraction of sp³-hybridized carbons (Fsp3) is 0.111. The van der Waals surface area contributed by atoms with E-state index in [9.17, 15) is 9.59 Å². The number of nitrogens with one attached hydrogen (secondary N) is 1. The molecule has 23 heavy (non-hydrogen) atoms. The number of imidazole rings is 1. The highest BCUT2D eigenvalue weighted by Gasteiger charge is 2.09. The molecule has 1 heterocycles. The second-order valence-electron chi connectivity index (χ2n) is 5.18. The summed E-state index contributed by atoms with van der Waals surface area (Å²) in [7, 11) is 0. The van der Waals surface area contributed by atoms with Crippen LogP contribution in [-0.4, -0.2) is 15.5 Å². The van der Waals surface area contributed by atoms with Crippen molar-refractivity contribution in [3.05, 3.63) is 88.1 Å². The summed E-state index contributed by atoms with van der Waals surface area (Å²) in [5.41, 5.74) is 2.68. The van der Waals surface area contributed by atoms with E-state index in [-0.39, 0.29) is 12.3 Å². The molecule has 0 aliphatic carbocycles. The number of aryl methyl sites for hydroxylation is 1. The second kappa shape index (κ2) is 6.36. The predicted octanol–water partition coefficient (Wildman–Crippen LogP) is 2.83. The zero-order chi connectivity index (χ0) is 16.2. The number of benzene rings is 2. The molecule has 0 fully saturated rings. The van der Waals surface area contributed by atoms with Crippen molar-refractivity contribution in [3.63, 3.8) is 0 Å². The van der Waals surface area contributed by atoms with Crippen LogP contribution in [0.15, 0.2) is 65.6 Å². The highest BCUT2D eigenvalue weighted by Crippen LogP contribution is 2.12. The molecule has 0 radical (unpaired) electrons. The molecule has 0 bridgehead atoms. The number of nitrogens with zero attached hydrogens (tertiary/aromatic N) is 1. The van der Waals surface area contributed by atoms with Crippen molar-refractivity contribution in [2.75, 3.05) is 0 Å². The van der Waals surface area contributed by atoms with E-state index in [0.29, 0.717) is 11.3 Å². The van der Waals surface area contributed by atoms with Crippen LogP contribution in [0.2, 0.25) is 0 Å². The van der Waals surface area contributed by atoms with Gasteiger partial charge in [-0.1, -0.05) is 30.3 Å². The molecule has 116 valence electrons. The summed E-state index contributed by atoms with van der Waals surface area (Å²) in [5, 5.41) is 0. The molecule has 0 aliphatic heterocycles. The Morgan fingerprint density at radius 2 is 1.78 bits per heavy atom. The molecule has 1 aromatic heterocycles. The highest BCUT2D eigenvalue weighted by molar-refractivity contribution is 5.89. The Bertz CT molecular complexity index is 861. The van der Waals surface area contributed by atoms with Gasteiger partial charge in [0.2, 0.25) is 0 Å². The largest absolute Gasteiger partial charge is 0.457 e. The van der Waals surface area contributed by atoms with E-state index in [1.807, 2.05) is 37.3 Å². The van der Waals surface area contributed by atoms with E-state index in [0.717, 1.165) is 11.3 Å². The van der Waals surface area contributed by atoms with Gasteiger partial charge >= 0.3 is 11.7 Å². The monoisotopic (exact) mass is 308 g/mol. The Hall–Kier alpha value is -3.08. The van der Waals surface area contributed by atoms with Crippen LogP contribution in [0, 0.1) is 6.92 Å². The quantitative estimate of drug-likeness (QED) is 0.754. The van der Waals surface area contributed by atoms with Gasteiger partial charge in [-0.25, -0.2) is 9.59 Å². The lowest BCUT2D eigenvalue weighted by molar-refractivity contribution is 0.0473. The van der Waals surface area contributed by atoms with Crippen molar-refractivity contribution >= 4 is 5.97 Å². The van der Waals surface area contributed by atoms with Crippen LogP contribution in [0.3, 0.4) is 0 Å². The molecule has 0 atom stereocenters. The van der Waals surface area contributed by atoms with Crippen molar-refractivity contribution in [1.29, 1.82) is 0 Å². The third kappa shape index (κ3) is 3.23. The molecule has 0 saturated carbocycles. The second-order valence-corrected chi connectivity index (χ2v) is 5.18. The van der Waals surface area contributed by atoms with E-state index in [1.165, 1.54) is 0 Å². The van der Waals surface area contributed by atoms with Crippen molar-refractivity contribution in [1.82, 2.24) is 9.55 Å². The molecule has 3 rings (SSSR count). The summed E-state index contributed by atoms with van der Waals surface area (Å²) in [6.45, 7) is 2.07. The lowest BCUT2D eigenvalue weighted by Gasteiger charge is -2.07. The smallest absolute Gasteiger partial charge is 0.338 e. The predicted molar refractivity (Wildman–Crippen MR) is 86.7 cm³/mol. The van der Waals surface area contributed by atoms with E-state index in [4.69, 9.17) is 4.74 Å². The third-order valence-electron chi connectivity index (χ3n) is 3.53. The number of esters is 1. The third-order valence-corrected chi connectivity index (χ3v) is 3.53. The van der Waals surface area contributed by atoms with Gasteiger partial charge in [0.15, 0.2) is 0 Å². The number of H-pyrrole nitrogens is 1. The minimum Gasteiger partial charge on any atom is -0.457 e. The number of hydrogen-bond donors (Lipinski definition) is 1. The Balaban J connectivity index is 1.72. The van der Waals surface area contributed by atoms with Gasteiger partial charge in [0.1, 0.15) is 6.61 Å². The zero-order valence-electron chi connectivity index (χ0n) is 12.7. The summed E-state index contributed by atoms with van der Waals surface area (Å²) in [5.74, 6) is -0.390. The number of carbonyl (C=O) groups excluding carboxylic acids is 1. The average Bonchev–Trinajstić information content (AvgIpc) is 2.92. The molecule has 0 unspecified atom stereocenters. The van der Waals surface area contributed by atoms with Gasteiger partial charge in [-0.15, -0.1) is 0 Å². The van der Waals surface area contributed by atoms with E-state index >= 15 is 0 Å². The molecule has 5 nitrogen and oxygen atoms in total. The molecule has 0 amide bonds. The van der Waals surface area contributed by atoms with Crippen LogP contribution in [0.5, 0.6) is 0 Å². The maximum Gasteiger partial charge on any atom is 0.338 e. The standard InChI is InChI=1S/C18H16N2O3/c1-13-11-19-18(22)20(13)16-9-7-15(8-10-16)17(21)23-12-14-5-3-2-4-6-14/h2-11H,12H2,1H3,(H,19,22). The summed E-state index contributed by atoms with van der Waals surface area (Å²) in [4.78, 5) is 26.4. The summed E-state index contributed by atoms with van der Waals surface area (Å²) >= 11 is 0. The van der Waals surface area contributed by atoms with Gasteiger partial charge in [0.25, 0.3) is 0 Å². The molecule has 2 aromatic carbocycles. The van der Waals surface area contributed by atoms with Crippen molar-refractivity contribution in [2.45, 2.75) is 13.5 Å². The lowest BCUT2D eigenvalue weighted by atomic mass is 10.2. The van der Waals surface area contributed by atoms with Crippen LogP contribution in [-0.2, 0) is 11.3 Å². The lowest BCUT2D eigenvalue weighted by Crippen LogP contribution is -2.16. The number of carbonyl (C=O) groups is 1. The number of ether oxygens (including phenoxy) is 1. The van der Waals surface area contributed by atoms with Crippen LogP contribution in [0.4, 0.5) is 0 Å². The van der Waals surface area contributed by atoms with Crippen molar-refractivity contribution < 1.29 is 9.53 Å². The molecular weight excluding hydrogens is 292 g/mol. The van der Waals surface area contributed by atoms with Crippen LogP contribution in [0.1, 0.15) is 21.6 Å². The number of rotatable bonds is 4. The summed E-state index contributed by atoms with van der Waals surface area (Å²) < 4.78 is 6.82. The Morgan fingerprint density at radius 3 is 2.39 bits per heavy atom. The Morgan fingerprint density at radius 1 is 1.09 bits per heavy atom. The number of hydrogen-bond acceptors (Lipinski definition) is 3. The van der Waals surface area contributed by atoms with Gasteiger partial charge in [-0.2, -0.15) is 0 Å². The topological polar surface area (TPSA) is 64.1 Å². The molecule has 3 aromatic rings. The van der Waals surface area contributed by atoms with Crippen molar-refractivity contribution in [2.24, 2.45) is 0 Å². The van der Waals surface area contributed by atoms with Gasteiger partial charge < -0.3 is 9.72 Å². The first-order valence-electron chi connectivity index (χ1n) is 7.23. The van der Waals surface area contributed by atoms with Crippen LogP contribution >= 0.6 is 0 Å². The van der Waals surface area contributed by atoms with Crippen LogP contribution in [0.25, 0.3) is 5.69 Å². The van der Waals surface area contributed by atoms with E-state index < -0.39 is 5.97 Å². The molecular formula is C18H16N2O3. The minimum atomic E-state index is -0.390. The van der Waals surface area contributed by atoms with E-state index in [1.54, 1.807) is 35.0 Å². The minimum absolute atomic E-state index is 0.207. The van der Waals surface area contributed by atoms with Crippen molar-refractivity contribution in [3.8, 4) is 5.69 Å². The first-order chi connectivity index (χ1) is 11.1. The highest BCUT2D eigenvalue weighted by atomic mass is 16.5. The molecule has 0 aliphatic rings. The Labute approximate surface area is 133 Å². The molecule has 0 saturated heterocycles. The average molecular weight is 308 g/mol. The first kappa shape index (κ1) is 14.8. The fourth-order valence-corrected chi connectivity index (χ4v) is 2.33. The maximum atomic E-state index is 12.1. The maximum absolute atomic E-state index is 12.1. The van der Waals surface area contributed by atoms with E-state index in [2.05, 4.69) is 4.98 Å². The molecule has 5 heteroatoms. The normalized spacial score (nSPS) is 10.5. The molecule has 0 spiro atoms. The van der Waals surface area contributed by atoms with Gasteiger partial charge in [-0.3, -0.25) is 4.57 Å². The SMILES string of the molecule is Cc1c[nH]c(=O)n1-c1ccc(C(=O)OCc2ccccc2)cc1. The summed E-state index contributed by atoms with van der Waals surface area (Å²) in [6, 6.07) is 16.3. The zero-order valence-corrected chi connectivity index (χ0v) is 12.7. The van der Waals surface area contributed by atoms with Gasteiger partial charge in [-0.05, 0) is 36.8 Å².